The third-order valence-electron chi connectivity index (χ3n) is 3.67. The van der Waals surface area contributed by atoms with Crippen molar-refractivity contribution in [3.63, 3.8) is 0 Å². The van der Waals surface area contributed by atoms with Crippen LogP contribution in [0.2, 0.25) is 0 Å². The van der Waals surface area contributed by atoms with Gasteiger partial charge in [0.25, 0.3) is 0 Å². The Morgan fingerprint density at radius 3 is 2.65 bits per heavy atom. The minimum Gasteiger partial charge on any atom is -0.507 e. The number of methoxy groups -OCH3 is 2. The predicted octanol–water partition coefficient (Wildman–Crippen LogP) is 2.51. The maximum absolute atomic E-state index is 12.0. The highest BCUT2D eigenvalue weighted by atomic mass is 16.6. The number of esters is 1. The largest absolute Gasteiger partial charge is 0.507 e. The molecule has 26 heavy (non-hydrogen) atoms. The molecule has 1 N–H and O–H groups in total. The van der Waals surface area contributed by atoms with Gasteiger partial charge < -0.3 is 14.6 Å². The summed E-state index contributed by atoms with van der Waals surface area (Å²) in [7, 11) is 2.58. The summed E-state index contributed by atoms with van der Waals surface area (Å²) in [6, 6.07) is 10.1. The highest BCUT2D eigenvalue weighted by Gasteiger charge is 2.21. The molecule has 1 atom stereocenters. The number of nitro groups is 1. The Labute approximate surface area is 149 Å². The molecule has 0 saturated carbocycles. The number of phenolic OH excluding ortho intramolecular Hbond substituents is 1. The molecule has 2 aromatic rings. The van der Waals surface area contributed by atoms with Crippen molar-refractivity contribution in [2.75, 3.05) is 14.2 Å². The van der Waals surface area contributed by atoms with E-state index in [9.17, 15) is 20.0 Å². The number of carbonyl (C=O) groups is 1. The molecular formula is C18H18N2O6. The Morgan fingerprint density at radius 2 is 2.04 bits per heavy atom. The third kappa shape index (κ3) is 4.56. The fourth-order valence-corrected chi connectivity index (χ4v) is 2.33. The first-order valence-corrected chi connectivity index (χ1v) is 7.66. The lowest BCUT2D eigenvalue weighted by atomic mass is 10.0. The molecule has 0 bridgehead atoms. The van der Waals surface area contributed by atoms with Crippen LogP contribution in [0.25, 0.3) is 0 Å². The zero-order valence-electron chi connectivity index (χ0n) is 14.3. The van der Waals surface area contributed by atoms with Crippen molar-refractivity contribution in [3.8, 4) is 11.5 Å². The van der Waals surface area contributed by atoms with E-state index >= 15 is 0 Å². The first kappa shape index (κ1) is 18.9. The number of aromatic hydroxyl groups is 1. The summed E-state index contributed by atoms with van der Waals surface area (Å²) in [6.45, 7) is 0. The van der Waals surface area contributed by atoms with Gasteiger partial charge in [-0.25, -0.2) is 4.79 Å². The Kier molecular flexibility index (Phi) is 6.26. The SMILES string of the molecule is COC(=O)C(Cc1ccc(OC)c([N+](=O)[O-])c1)N=Cc1ccccc1O. The van der Waals surface area contributed by atoms with E-state index in [2.05, 4.69) is 4.99 Å². The second-order valence-electron chi connectivity index (χ2n) is 5.34. The number of rotatable bonds is 7. The molecular weight excluding hydrogens is 340 g/mol. The summed E-state index contributed by atoms with van der Waals surface area (Å²) < 4.78 is 9.72. The molecule has 136 valence electrons. The van der Waals surface area contributed by atoms with Gasteiger partial charge in [-0.3, -0.25) is 15.1 Å². The number of hydrogen-bond acceptors (Lipinski definition) is 7. The van der Waals surface area contributed by atoms with E-state index in [1.807, 2.05) is 0 Å². The van der Waals surface area contributed by atoms with Crippen LogP contribution >= 0.6 is 0 Å². The molecule has 1 unspecified atom stereocenters. The minimum absolute atomic E-state index is 0.0277. The standard InChI is InChI=1S/C18H18N2O6/c1-25-17-8-7-12(10-15(17)20(23)24)9-14(18(22)26-2)19-11-13-5-3-4-6-16(13)21/h3-8,10-11,14,21H,9H2,1-2H3. The van der Waals surface area contributed by atoms with E-state index in [0.717, 1.165) is 0 Å². The van der Waals surface area contributed by atoms with Crippen LogP contribution < -0.4 is 4.74 Å². The lowest BCUT2D eigenvalue weighted by Gasteiger charge is -2.11. The molecule has 0 aliphatic heterocycles. The fourth-order valence-electron chi connectivity index (χ4n) is 2.33. The molecule has 0 aliphatic rings. The van der Waals surface area contributed by atoms with E-state index in [-0.39, 0.29) is 23.6 Å². The van der Waals surface area contributed by atoms with Gasteiger partial charge in [-0.2, -0.15) is 0 Å². The maximum Gasteiger partial charge on any atom is 0.330 e. The normalized spacial score (nSPS) is 11.9. The number of phenols is 1. The predicted molar refractivity (Wildman–Crippen MR) is 94.9 cm³/mol. The summed E-state index contributed by atoms with van der Waals surface area (Å²) in [4.78, 5) is 26.8. The molecule has 2 aromatic carbocycles. The molecule has 0 heterocycles. The summed E-state index contributed by atoms with van der Waals surface area (Å²) in [5.74, 6) is -0.429. The zero-order chi connectivity index (χ0) is 19.1. The van der Waals surface area contributed by atoms with Crippen molar-refractivity contribution in [2.45, 2.75) is 12.5 Å². The Morgan fingerprint density at radius 1 is 1.31 bits per heavy atom. The molecule has 0 amide bonds. The van der Waals surface area contributed by atoms with Gasteiger partial charge in [0.2, 0.25) is 0 Å². The van der Waals surface area contributed by atoms with Gasteiger partial charge in [-0.05, 0) is 23.8 Å². The third-order valence-corrected chi connectivity index (χ3v) is 3.67. The van der Waals surface area contributed by atoms with Crippen LogP contribution in [0.1, 0.15) is 11.1 Å². The Balaban J connectivity index is 2.29. The molecule has 0 saturated heterocycles. The molecule has 0 fully saturated rings. The summed E-state index contributed by atoms with van der Waals surface area (Å²) in [5, 5.41) is 20.9. The lowest BCUT2D eigenvalue weighted by molar-refractivity contribution is -0.385. The minimum atomic E-state index is -0.910. The first-order valence-electron chi connectivity index (χ1n) is 7.66. The topological polar surface area (TPSA) is 111 Å². The smallest absolute Gasteiger partial charge is 0.330 e. The fraction of sp³-hybridized carbons (Fsp3) is 0.222. The number of benzene rings is 2. The van der Waals surface area contributed by atoms with E-state index in [1.165, 1.54) is 38.6 Å². The van der Waals surface area contributed by atoms with Crippen LogP contribution in [0.15, 0.2) is 47.5 Å². The second kappa shape index (κ2) is 8.61. The summed E-state index contributed by atoms with van der Waals surface area (Å²) >= 11 is 0. The molecule has 0 aromatic heterocycles. The van der Waals surface area contributed by atoms with Gasteiger partial charge in [-0.1, -0.05) is 18.2 Å². The quantitative estimate of drug-likeness (QED) is 0.352. The highest BCUT2D eigenvalue weighted by molar-refractivity contribution is 5.86. The lowest BCUT2D eigenvalue weighted by Crippen LogP contribution is -2.23. The van der Waals surface area contributed by atoms with Crippen molar-refractivity contribution in [1.82, 2.24) is 0 Å². The van der Waals surface area contributed by atoms with Crippen LogP contribution in [0.3, 0.4) is 0 Å². The molecule has 0 spiro atoms. The van der Waals surface area contributed by atoms with E-state index < -0.39 is 16.9 Å². The van der Waals surface area contributed by atoms with Crippen LogP contribution in [-0.4, -0.2) is 42.5 Å². The first-order chi connectivity index (χ1) is 12.5. The van der Waals surface area contributed by atoms with E-state index in [4.69, 9.17) is 9.47 Å². The van der Waals surface area contributed by atoms with Gasteiger partial charge in [0.05, 0.1) is 19.1 Å². The number of hydrogen-bond donors (Lipinski definition) is 1. The number of aliphatic imine (C=N–C) groups is 1. The van der Waals surface area contributed by atoms with Crippen LogP contribution in [0, 0.1) is 10.1 Å². The molecule has 2 rings (SSSR count). The zero-order valence-corrected chi connectivity index (χ0v) is 14.3. The number of carbonyl (C=O) groups excluding carboxylic acids is 1. The van der Waals surface area contributed by atoms with Gasteiger partial charge in [0.1, 0.15) is 5.75 Å². The number of nitrogens with zero attached hydrogens (tertiary/aromatic N) is 2. The van der Waals surface area contributed by atoms with E-state index in [1.54, 1.807) is 24.3 Å². The van der Waals surface area contributed by atoms with Crippen LogP contribution in [0.5, 0.6) is 11.5 Å². The van der Waals surface area contributed by atoms with Crippen LogP contribution in [-0.2, 0) is 16.0 Å². The highest BCUT2D eigenvalue weighted by Crippen LogP contribution is 2.28. The average molecular weight is 358 g/mol. The van der Waals surface area contributed by atoms with Crippen molar-refractivity contribution < 1.29 is 24.3 Å². The second-order valence-corrected chi connectivity index (χ2v) is 5.34. The van der Waals surface area contributed by atoms with Crippen molar-refractivity contribution in [2.24, 2.45) is 4.99 Å². The Hall–Kier alpha value is -3.42. The van der Waals surface area contributed by atoms with Gasteiger partial charge in [-0.15, -0.1) is 0 Å². The molecule has 8 heteroatoms. The van der Waals surface area contributed by atoms with Gasteiger partial charge in [0, 0.05) is 24.3 Å². The maximum atomic E-state index is 12.0. The number of ether oxygens (including phenoxy) is 2. The van der Waals surface area contributed by atoms with Crippen molar-refractivity contribution >= 4 is 17.9 Å². The number of para-hydroxylation sites is 1. The van der Waals surface area contributed by atoms with E-state index in [0.29, 0.717) is 11.1 Å². The Bertz CT molecular complexity index is 834. The van der Waals surface area contributed by atoms with Crippen molar-refractivity contribution in [3.05, 3.63) is 63.7 Å². The summed E-state index contributed by atoms with van der Waals surface area (Å²) in [5.41, 5.74) is 0.780. The molecule has 0 radical (unpaired) electrons. The monoisotopic (exact) mass is 358 g/mol. The molecule has 0 aliphatic carbocycles. The number of nitro benzene ring substituents is 1. The van der Waals surface area contributed by atoms with Gasteiger partial charge in [0.15, 0.2) is 11.8 Å². The summed E-state index contributed by atoms with van der Waals surface area (Å²) in [6.07, 6.45) is 1.47. The molecule has 8 nitrogen and oxygen atoms in total. The van der Waals surface area contributed by atoms with Gasteiger partial charge >= 0.3 is 11.7 Å². The van der Waals surface area contributed by atoms with Crippen LogP contribution in [0.4, 0.5) is 5.69 Å². The average Bonchev–Trinajstić information content (AvgIpc) is 2.65. The van der Waals surface area contributed by atoms with Crippen molar-refractivity contribution in [1.29, 1.82) is 0 Å².